The summed E-state index contributed by atoms with van der Waals surface area (Å²) in [5.74, 6) is 0.672. The van der Waals surface area contributed by atoms with E-state index >= 15 is 0 Å². The lowest BCUT2D eigenvalue weighted by atomic mass is 9.93. The van der Waals surface area contributed by atoms with Crippen molar-refractivity contribution in [3.05, 3.63) is 56.5 Å². The lowest BCUT2D eigenvalue weighted by Crippen LogP contribution is -2.04. The maximum atomic E-state index is 9.48. The lowest BCUT2D eigenvalue weighted by Gasteiger charge is -2.18. The summed E-state index contributed by atoms with van der Waals surface area (Å²) in [6, 6.07) is 10.6. The van der Waals surface area contributed by atoms with E-state index in [2.05, 4.69) is 54.5 Å². The van der Waals surface area contributed by atoms with Gasteiger partial charge in [0.25, 0.3) is 0 Å². The van der Waals surface area contributed by atoms with Gasteiger partial charge in [0, 0.05) is 19.3 Å². The van der Waals surface area contributed by atoms with Crippen LogP contribution in [-0.4, -0.2) is 14.6 Å². The minimum absolute atomic E-state index is 0.186. The van der Waals surface area contributed by atoms with Crippen molar-refractivity contribution in [3.8, 4) is 11.5 Å². The number of phenolic OH excluding ortho intramolecular Hbond substituents is 2. The van der Waals surface area contributed by atoms with Crippen LogP contribution < -0.4 is 0 Å². The molecule has 100 valence electrons. The molecule has 0 unspecified atom stereocenters. The SMILES string of the molecule is Oc1ccc(C(CI)c2ccc(O)cc2Br)c(Br)c1. The molecule has 0 saturated carbocycles. The van der Waals surface area contributed by atoms with Crippen LogP contribution in [0, 0.1) is 0 Å². The van der Waals surface area contributed by atoms with Gasteiger partial charge in [0.05, 0.1) is 0 Å². The Morgan fingerprint density at radius 2 is 1.32 bits per heavy atom. The van der Waals surface area contributed by atoms with E-state index in [1.54, 1.807) is 24.3 Å². The number of hydrogen-bond donors (Lipinski definition) is 2. The standard InChI is InChI=1S/C14H11Br2IO2/c15-13-5-8(18)1-3-10(13)12(7-17)11-4-2-9(19)6-14(11)16/h1-6,12,18-19H,7H2. The molecule has 0 amide bonds. The average Bonchev–Trinajstić information content (AvgIpc) is 2.34. The Kier molecular flexibility index (Phi) is 5.14. The molecule has 0 atom stereocenters. The second-order valence-corrected chi connectivity index (χ2v) is 6.71. The van der Waals surface area contributed by atoms with Gasteiger partial charge in [-0.1, -0.05) is 66.6 Å². The molecule has 2 N–H and O–H groups in total. The number of benzene rings is 2. The Morgan fingerprint density at radius 3 is 1.63 bits per heavy atom. The van der Waals surface area contributed by atoms with Crippen LogP contribution in [0.5, 0.6) is 11.5 Å². The normalized spacial score (nSPS) is 10.9. The third-order valence-corrected chi connectivity index (χ3v) is 5.13. The fraction of sp³-hybridized carbons (Fsp3) is 0.143. The smallest absolute Gasteiger partial charge is 0.116 e. The van der Waals surface area contributed by atoms with Gasteiger partial charge in [-0.25, -0.2) is 0 Å². The van der Waals surface area contributed by atoms with E-state index in [0.717, 1.165) is 24.5 Å². The monoisotopic (exact) mass is 496 g/mol. The van der Waals surface area contributed by atoms with Gasteiger partial charge in [-0.2, -0.15) is 0 Å². The second kappa shape index (κ2) is 6.45. The predicted molar refractivity (Wildman–Crippen MR) is 92.3 cm³/mol. The van der Waals surface area contributed by atoms with Gasteiger partial charge in [0.15, 0.2) is 0 Å². The summed E-state index contributed by atoms with van der Waals surface area (Å²) in [6.07, 6.45) is 0. The number of alkyl halides is 1. The zero-order chi connectivity index (χ0) is 14.0. The summed E-state index contributed by atoms with van der Waals surface area (Å²) in [5, 5.41) is 19.0. The van der Waals surface area contributed by atoms with Gasteiger partial charge in [-0.3, -0.25) is 0 Å². The molecule has 0 aliphatic carbocycles. The molecule has 5 heteroatoms. The first kappa shape index (κ1) is 15.1. The topological polar surface area (TPSA) is 40.5 Å². The molecular formula is C14H11Br2IO2. The summed E-state index contributed by atoms with van der Waals surface area (Å²) < 4.78 is 2.66. The highest BCUT2D eigenvalue weighted by molar-refractivity contribution is 14.1. The molecule has 2 rings (SSSR count). The number of aromatic hydroxyl groups is 2. The Bertz CT molecular complexity index is 550. The molecule has 0 heterocycles. The Balaban J connectivity index is 2.50. The minimum atomic E-state index is 0.186. The van der Waals surface area contributed by atoms with E-state index in [-0.39, 0.29) is 17.4 Å². The molecular weight excluding hydrogens is 487 g/mol. The largest absolute Gasteiger partial charge is 0.508 e. The molecule has 0 aliphatic heterocycles. The van der Waals surface area contributed by atoms with Crippen LogP contribution in [0.25, 0.3) is 0 Å². The van der Waals surface area contributed by atoms with Gasteiger partial charge in [-0.15, -0.1) is 0 Å². The Hall–Kier alpha value is -0.270. The van der Waals surface area contributed by atoms with Gasteiger partial charge >= 0.3 is 0 Å². The van der Waals surface area contributed by atoms with Crippen LogP contribution in [0.3, 0.4) is 0 Å². The van der Waals surface area contributed by atoms with E-state index in [1.807, 2.05) is 12.1 Å². The maximum absolute atomic E-state index is 9.48. The summed E-state index contributed by atoms with van der Waals surface area (Å²) in [5.41, 5.74) is 2.22. The number of phenols is 2. The Labute approximate surface area is 142 Å². The van der Waals surface area contributed by atoms with E-state index in [1.165, 1.54) is 0 Å². The van der Waals surface area contributed by atoms with Gasteiger partial charge < -0.3 is 10.2 Å². The molecule has 2 aromatic carbocycles. The van der Waals surface area contributed by atoms with Gasteiger partial charge in [0.1, 0.15) is 11.5 Å². The summed E-state index contributed by atoms with van der Waals surface area (Å²) in [4.78, 5) is 0. The van der Waals surface area contributed by atoms with Crippen molar-refractivity contribution in [3.63, 3.8) is 0 Å². The molecule has 2 nitrogen and oxygen atoms in total. The van der Waals surface area contributed by atoms with E-state index in [9.17, 15) is 10.2 Å². The predicted octanol–water partition coefficient (Wildman–Crippen LogP) is 5.19. The second-order valence-electron chi connectivity index (χ2n) is 4.12. The third kappa shape index (κ3) is 3.44. The first-order valence-electron chi connectivity index (χ1n) is 5.55. The molecule has 0 aromatic heterocycles. The molecule has 0 spiro atoms. The molecule has 0 aliphatic rings. The highest BCUT2D eigenvalue weighted by Crippen LogP contribution is 2.38. The highest BCUT2D eigenvalue weighted by Gasteiger charge is 2.18. The van der Waals surface area contributed by atoms with E-state index in [4.69, 9.17) is 0 Å². The quantitative estimate of drug-likeness (QED) is 0.452. The first-order chi connectivity index (χ1) is 9.02. The maximum Gasteiger partial charge on any atom is 0.116 e. The van der Waals surface area contributed by atoms with Crippen LogP contribution >= 0.6 is 54.5 Å². The van der Waals surface area contributed by atoms with Crippen molar-refractivity contribution < 1.29 is 10.2 Å². The van der Waals surface area contributed by atoms with Crippen molar-refractivity contribution in [2.24, 2.45) is 0 Å². The molecule has 0 radical (unpaired) electrons. The molecule has 2 aromatic rings. The summed E-state index contributed by atoms with van der Waals surface area (Å²) >= 11 is 9.33. The molecule has 0 bridgehead atoms. The van der Waals surface area contributed by atoms with Crippen LogP contribution in [0.2, 0.25) is 0 Å². The van der Waals surface area contributed by atoms with E-state index in [0.29, 0.717) is 0 Å². The van der Waals surface area contributed by atoms with Crippen molar-refractivity contribution in [1.82, 2.24) is 0 Å². The molecule has 0 saturated heterocycles. The van der Waals surface area contributed by atoms with Crippen molar-refractivity contribution >= 4 is 54.5 Å². The number of hydrogen-bond acceptors (Lipinski definition) is 2. The van der Waals surface area contributed by atoms with Crippen LogP contribution in [0.15, 0.2) is 45.3 Å². The lowest BCUT2D eigenvalue weighted by molar-refractivity contribution is 0.474. The third-order valence-electron chi connectivity index (χ3n) is 2.87. The van der Waals surface area contributed by atoms with Crippen molar-refractivity contribution in [2.45, 2.75) is 5.92 Å². The number of rotatable bonds is 3. The fourth-order valence-corrected chi connectivity index (χ4v) is 4.17. The average molecular weight is 498 g/mol. The zero-order valence-electron chi connectivity index (χ0n) is 9.78. The highest BCUT2D eigenvalue weighted by atomic mass is 127. The molecule has 0 fully saturated rings. The minimum Gasteiger partial charge on any atom is -0.508 e. The fourth-order valence-electron chi connectivity index (χ4n) is 1.93. The summed E-state index contributed by atoms with van der Waals surface area (Å²) in [6.45, 7) is 0. The van der Waals surface area contributed by atoms with Crippen molar-refractivity contribution in [2.75, 3.05) is 4.43 Å². The number of halogens is 3. The Morgan fingerprint density at radius 1 is 0.895 bits per heavy atom. The van der Waals surface area contributed by atoms with Crippen molar-refractivity contribution in [1.29, 1.82) is 0 Å². The van der Waals surface area contributed by atoms with E-state index < -0.39 is 0 Å². The molecule has 19 heavy (non-hydrogen) atoms. The van der Waals surface area contributed by atoms with Crippen LogP contribution in [0.4, 0.5) is 0 Å². The zero-order valence-corrected chi connectivity index (χ0v) is 15.1. The van der Waals surface area contributed by atoms with Crippen LogP contribution in [0.1, 0.15) is 17.0 Å². The first-order valence-corrected chi connectivity index (χ1v) is 8.67. The van der Waals surface area contributed by atoms with Gasteiger partial charge in [0.2, 0.25) is 0 Å². The summed E-state index contributed by atoms with van der Waals surface area (Å²) in [7, 11) is 0. The van der Waals surface area contributed by atoms with Gasteiger partial charge in [-0.05, 0) is 35.4 Å². The van der Waals surface area contributed by atoms with Crippen LogP contribution in [-0.2, 0) is 0 Å².